The Kier molecular flexibility index (Phi) is 3.64. The number of nitrogens with one attached hydrogen (secondary N) is 1. The Hall–Kier alpha value is -0.550. The van der Waals surface area contributed by atoms with Crippen LogP contribution in [0.1, 0.15) is 38.1 Å². The van der Waals surface area contributed by atoms with Crippen LogP contribution in [-0.2, 0) is 7.05 Å². The molecule has 1 aromatic rings. The van der Waals surface area contributed by atoms with E-state index in [9.17, 15) is 0 Å². The minimum absolute atomic E-state index is 0.405. The van der Waals surface area contributed by atoms with E-state index in [1.165, 1.54) is 19.3 Å². The van der Waals surface area contributed by atoms with Crippen LogP contribution >= 0.6 is 11.8 Å². The van der Waals surface area contributed by atoms with E-state index >= 15 is 0 Å². The minimum Gasteiger partial charge on any atom is -0.308 e. The third-order valence-corrected chi connectivity index (χ3v) is 3.67. The molecule has 1 atom stereocenters. The quantitative estimate of drug-likeness (QED) is 0.797. The molecule has 2 heterocycles. The first-order chi connectivity index (χ1) is 7.33. The fraction of sp³-hybridized carbons (Fsp3) is 0.800. The van der Waals surface area contributed by atoms with Gasteiger partial charge in [0.05, 0.1) is 6.04 Å². The molecule has 0 spiro atoms. The molecule has 1 aliphatic rings. The second-order valence-corrected chi connectivity index (χ2v) is 5.07. The minimum atomic E-state index is 0.405. The van der Waals surface area contributed by atoms with Crippen molar-refractivity contribution in [1.82, 2.24) is 20.1 Å². The number of aromatic nitrogens is 3. The SMILES string of the molecule is CCSc1nnc(C2CCCCN2)n1C. The molecule has 84 valence electrons. The first kappa shape index (κ1) is 11.0. The normalized spacial score (nSPS) is 21.9. The first-order valence-electron chi connectivity index (χ1n) is 5.58. The summed E-state index contributed by atoms with van der Waals surface area (Å²) in [5.74, 6) is 2.13. The van der Waals surface area contributed by atoms with Gasteiger partial charge in [0, 0.05) is 7.05 Å². The lowest BCUT2D eigenvalue weighted by atomic mass is 10.0. The van der Waals surface area contributed by atoms with Gasteiger partial charge in [0.25, 0.3) is 0 Å². The zero-order valence-corrected chi connectivity index (χ0v) is 10.2. The van der Waals surface area contributed by atoms with Gasteiger partial charge in [0.1, 0.15) is 0 Å². The molecule has 0 amide bonds. The topological polar surface area (TPSA) is 42.7 Å². The van der Waals surface area contributed by atoms with Crippen molar-refractivity contribution in [2.75, 3.05) is 12.3 Å². The molecule has 5 heteroatoms. The van der Waals surface area contributed by atoms with E-state index in [1.807, 2.05) is 0 Å². The number of thioether (sulfide) groups is 1. The Bertz CT molecular complexity index is 317. The van der Waals surface area contributed by atoms with Crippen molar-refractivity contribution in [3.63, 3.8) is 0 Å². The highest BCUT2D eigenvalue weighted by Gasteiger charge is 2.20. The lowest BCUT2D eigenvalue weighted by molar-refractivity contribution is 0.388. The summed E-state index contributed by atoms with van der Waals surface area (Å²) in [4.78, 5) is 0. The number of hydrogen-bond donors (Lipinski definition) is 1. The fourth-order valence-corrected chi connectivity index (χ4v) is 2.60. The number of hydrogen-bond acceptors (Lipinski definition) is 4. The van der Waals surface area contributed by atoms with Crippen molar-refractivity contribution in [1.29, 1.82) is 0 Å². The van der Waals surface area contributed by atoms with Crippen molar-refractivity contribution >= 4 is 11.8 Å². The molecule has 0 aliphatic carbocycles. The molecule has 1 N–H and O–H groups in total. The van der Waals surface area contributed by atoms with Gasteiger partial charge in [-0.15, -0.1) is 10.2 Å². The molecule has 1 aliphatic heterocycles. The van der Waals surface area contributed by atoms with Crippen LogP contribution in [0.3, 0.4) is 0 Å². The first-order valence-corrected chi connectivity index (χ1v) is 6.57. The maximum absolute atomic E-state index is 4.29. The van der Waals surface area contributed by atoms with Crippen LogP contribution in [0.2, 0.25) is 0 Å². The van der Waals surface area contributed by atoms with Crippen molar-refractivity contribution in [2.24, 2.45) is 7.05 Å². The predicted molar refractivity (Wildman–Crippen MR) is 62.0 cm³/mol. The molecular formula is C10H18N4S. The third-order valence-electron chi connectivity index (χ3n) is 2.76. The van der Waals surface area contributed by atoms with Crippen LogP contribution in [0.15, 0.2) is 5.16 Å². The average molecular weight is 226 g/mol. The van der Waals surface area contributed by atoms with Crippen LogP contribution in [0.25, 0.3) is 0 Å². The van der Waals surface area contributed by atoms with Crippen molar-refractivity contribution < 1.29 is 0 Å². The molecule has 0 aromatic carbocycles. The Balaban J connectivity index is 2.13. The van der Waals surface area contributed by atoms with E-state index in [4.69, 9.17) is 0 Å². The molecule has 0 saturated carbocycles. The predicted octanol–water partition coefficient (Wildman–Crippen LogP) is 1.74. The average Bonchev–Trinajstić information content (AvgIpc) is 2.63. The van der Waals surface area contributed by atoms with Gasteiger partial charge >= 0.3 is 0 Å². The third kappa shape index (κ3) is 2.34. The molecule has 1 saturated heterocycles. The zero-order chi connectivity index (χ0) is 10.7. The number of piperidine rings is 1. The van der Waals surface area contributed by atoms with E-state index in [2.05, 4.69) is 34.1 Å². The number of nitrogens with zero attached hydrogens (tertiary/aromatic N) is 3. The molecule has 4 nitrogen and oxygen atoms in total. The fourth-order valence-electron chi connectivity index (χ4n) is 1.96. The molecule has 2 rings (SSSR count). The van der Waals surface area contributed by atoms with Gasteiger partial charge in [-0.3, -0.25) is 0 Å². The highest BCUT2D eigenvalue weighted by Crippen LogP contribution is 2.24. The summed E-state index contributed by atoms with van der Waals surface area (Å²) in [6.45, 7) is 3.24. The highest BCUT2D eigenvalue weighted by molar-refractivity contribution is 7.99. The van der Waals surface area contributed by atoms with E-state index in [1.54, 1.807) is 11.8 Å². The maximum atomic E-state index is 4.29. The largest absolute Gasteiger partial charge is 0.308 e. The summed E-state index contributed by atoms with van der Waals surface area (Å²) < 4.78 is 2.12. The standard InChI is InChI=1S/C10H18N4S/c1-3-15-10-13-12-9(14(10)2)8-6-4-5-7-11-8/h8,11H,3-7H2,1-2H3. The summed E-state index contributed by atoms with van der Waals surface area (Å²) in [6, 6.07) is 0.405. The van der Waals surface area contributed by atoms with Crippen LogP contribution in [0.5, 0.6) is 0 Å². The Morgan fingerprint density at radius 1 is 1.47 bits per heavy atom. The monoisotopic (exact) mass is 226 g/mol. The Morgan fingerprint density at radius 2 is 2.33 bits per heavy atom. The maximum Gasteiger partial charge on any atom is 0.190 e. The molecule has 15 heavy (non-hydrogen) atoms. The van der Waals surface area contributed by atoms with Gasteiger partial charge in [0.2, 0.25) is 0 Å². The van der Waals surface area contributed by atoms with E-state index < -0.39 is 0 Å². The lowest BCUT2D eigenvalue weighted by Gasteiger charge is -2.22. The van der Waals surface area contributed by atoms with Gasteiger partial charge < -0.3 is 9.88 Å². The van der Waals surface area contributed by atoms with Gasteiger partial charge in [-0.25, -0.2) is 0 Å². The van der Waals surface area contributed by atoms with Gasteiger partial charge in [0.15, 0.2) is 11.0 Å². The second-order valence-electron chi connectivity index (χ2n) is 3.84. The lowest BCUT2D eigenvalue weighted by Crippen LogP contribution is -2.28. The summed E-state index contributed by atoms with van der Waals surface area (Å²) in [7, 11) is 2.06. The van der Waals surface area contributed by atoms with Gasteiger partial charge in [-0.2, -0.15) is 0 Å². The van der Waals surface area contributed by atoms with Gasteiger partial charge in [-0.1, -0.05) is 25.1 Å². The van der Waals surface area contributed by atoms with E-state index in [-0.39, 0.29) is 0 Å². The Labute approximate surface area is 94.8 Å². The molecule has 0 radical (unpaired) electrons. The molecule has 1 unspecified atom stereocenters. The molecule has 1 fully saturated rings. The van der Waals surface area contributed by atoms with Crippen LogP contribution in [0, 0.1) is 0 Å². The van der Waals surface area contributed by atoms with Crippen LogP contribution in [0.4, 0.5) is 0 Å². The molecule has 1 aromatic heterocycles. The van der Waals surface area contributed by atoms with Crippen LogP contribution in [-0.4, -0.2) is 27.1 Å². The zero-order valence-electron chi connectivity index (χ0n) is 9.36. The van der Waals surface area contributed by atoms with Crippen molar-refractivity contribution in [3.05, 3.63) is 5.82 Å². The summed E-state index contributed by atoms with van der Waals surface area (Å²) >= 11 is 1.75. The van der Waals surface area contributed by atoms with Gasteiger partial charge in [-0.05, 0) is 25.1 Å². The molecular weight excluding hydrogens is 208 g/mol. The van der Waals surface area contributed by atoms with E-state index in [0.717, 1.165) is 23.3 Å². The second kappa shape index (κ2) is 4.99. The molecule has 0 bridgehead atoms. The summed E-state index contributed by atoms with van der Waals surface area (Å²) in [5.41, 5.74) is 0. The summed E-state index contributed by atoms with van der Waals surface area (Å²) in [6.07, 6.45) is 3.76. The van der Waals surface area contributed by atoms with E-state index in [0.29, 0.717) is 6.04 Å². The van der Waals surface area contributed by atoms with Crippen LogP contribution < -0.4 is 5.32 Å². The highest BCUT2D eigenvalue weighted by atomic mass is 32.2. The smallest absolute Gasteiger partial charge is 0.190 e. The summed E-state index contributed by atoms with van der Waals surface area (Å²) in [5, 5.41) is 13.0. The van der Waals surface area contributed by atoms with Crippen molar-refractivity contribution in [2.45, 2.75) is 37.4 Å². The number of rotatable bonds is 3. The van der Waals surface area contributed by atoms with Crippen molar-refractivity contribution in [3.8, 4) is 0 Å². The Morgan fingerprint density at radius 3 is 3.00 bits per heavy atom.